The number of amidine groups is 1. The minimum atomic E-state index is -5.08. The molecule has 18 heteroatoms. The predicted octanol–water partition coefficient (Wildman–Crippen LogP) is 3.12. The number of hydrogen-bond donors (Lipinski definition) is 5. The number of benzene rings is 3. The van der Waals surface area contributed by atoms with Gasteiger partial charge in [-0.2, -0.15) is 13.2 Å². The number of alkyl halides is 3. The van der Waals surface area contributed by atoms with Gasteiger partial charge in [0.15, 0.2) is 0 Å². The Morgan fingerprint density at radius 1 is 1.09 bits per heavy atom. The predicted molar refractivity (Wildman–Crippen MR) is 155 cm³/mol. The van der Waals surface area contributed by atoms with Gasteiger partial charge in [-0.15, -0.1) is 0 Å². The molecule has 1 aliphatic heterocycles. The summed E-state index contributed by atoms with van der Waals surface area (Å²) in [6.07, 6.45) is -5.76. The molecule has 4 rings (SSSR count). The lowest BCUT2D eigenvalue weighted by Gasteiger charge is -2.24. The summed E-state index contributed by atoms with van der Waals surface area (Å²) < 4.78 is 75.5. The van der Waals surface area contributed by atoms with E-state index in [2.05, 4.69) is 10.5 Å². The smallest absolute Gasteiger partial charge is 0.475 e. The number of rotatable bonds is 8. The lowest BCUT2D eigenvalue weighted by atomic mass is 9.89. The second-order valence-corrected chi connectivity index (χ2v) is 11.1. The number of carboxylic acid groups (broad SMARTS) is 1. The van der Waals surface area contributed by atoms with E-state index >= 15 is 4.39 Å². The number of amides is 1. The van der Waals surface area contributed by atoms with Crippen LogP contribution in [0.25, 0.3) is 11.1 Å². The van der Waals surface area contributed by atoms with E-state index in [1.165, 1.54) is 30.3 Å². The van der Waals surface area contributed by atoms with E-state index in [4.69, 9.17) is 35.8 Å². The maximum atomic E-state index is 15.1. The van der Waals surface area contributed by atoms with Crippen LogP contribution in [0.3, 0.4) is 0 Å². The van der Waals surface area contributed by atoms with Crippen LogP contribution in [0.15, 0.2) is 76.8 Å². The molecule has 1 heterocycles. The van der Waals surface area contributed by atoms with Crippen LogP contribution in [-0.4, -0.2) is 61.8 Å². The van der Waals surface area contributed by atoms with Gasteiger partial charge in [-0.05, 0) is 29.8 Å². The summed E-state index contributed by atoms with van der Waals surface area (Å²) in [5, 5.41) is 26.5. The molecule has 0 fully saturated rings. The number of aliphatic carboxylic acids is 1. The van der Waals surface area contributed by atoms with Crippen LogP contribution in [0.2, 0.25) is 0 Å². The molecule has 1 unspecified atom stereocenters. The molecule has 7 N–H and O–H groups in total. The van der Waals surface area contributed by atoms with Gasteiger partial charge in [0, 0.05) is 23.1 Å². The first-order valence-corrected chi connectivity index (χ1v) is 14.2. The highest BCUT2D eigenvalue weighted by molar-refractivity contribution is 7.89. The molecule has 1 atom stereocenters. The Labute approximate surface area is 258 Å². The number of esters is 1. The third-order valence-electron chi connectivity index (χ3n) is 6.33. The largest absolute Gasteiger partial charge is 0.490 e. The van der Waals surface area contributed by atoms with Crippen LogP contribution in [0, 0.1) is 11.2 Å². The molecule has 0 aromatic heterocycles. The third kappa shape index (κ3) is 8.42. The average Bonchev–Trinajstić information content (AvgIpc) is 3.42. The van der Waals surface area contributed by atoms with Crippen molar-refractivity contribution in [3.05, 3.63) is 83.7 Å². The fourth-order valence-corrected chi connectivity index (χ4v) is 4.83. The monoisotopic (exact) mass is 667 g/mol. The van der Waals surface area contributed by atoms with E-state index in [9.17, 15) is 31.2 Å². The number of anilines is 1. The Kier molecular flexibility index (Phi) is 10.5. The minimum Gasteiger partial charge on any atom is -0.475 e. The van der Waals surface area contributed by atoms with Crippen molar-refractivity contribution in [3.8, 4) is 11.1 Å². The van der Waals surface area contributed by atoms with Crippen LogP contribution in [0.1, 0.15) is 24.0 Å². The summed E-state index contributed by atoms with van der Waals surface area (Å²) in [6.45, 7) is 0. The van der Waals surface area contributed by atoms with Crippen molar-refractivity contribution in [1.82, 2.24) is 0 Å². The molecular weight excluding hydrogens is 642 g/mol. The summed E-state index contributed by atoms with van der Waals surface area (Å²) in [5.74, 6) is -5.40. The lowest BCUT2D eigenvalue weighted by molar-refractivity contribution is -0.192. The molecule has 0 saturated heterocycles. The second kappa shape index (κ2) is 13.7. The summed E-state index contributed by atoms with van der Waals surface area (Å²) in [7, 11) is -2.93. The van der Waals surface area contributed by atoms with Crippen LogP contribution >= 0.6 is 0 Å². The molecule has 0 aliphatic carbocycles. The van der Waals surface area contributed by atoms with Crippen LogP contribution in [0.4, 0.5) is 23.2 Å². The van der Waals surface area contributed by atoms with Gasteiger partial charge in [0.25, 0.3) is 5.91 Å². The van der Waals surface area contributed by atoms with Gasteiger partial charge >= 0.3 is 18.1 Å². The normalized spacial score (nSPS) is 15.8. The second-order valence-electron chi connectivity index (χ2n) is 9.54. The number of nitrogens with two attached hydrogens (primary N) is 2. The van der Waals surface area contributed by atoms with Gasteiger partial charge in [0.2, 0.25) is 15.6 Å². The summed E-state index contributed by atoms with van der Waals surface area (Å²) in [5.41, 5.74) is 5.13. The number of hydrogen-bond acceptors (Lipinski definition) is 9. The highest BCUT2D eigenvalue weighted by Gasteiger charge is 2.49. The van der Waals surface area contributed by atoms with Gasteiger partial charge in [0.1, 0.15) is 11.7 Å². The number of carboxylic acids is 1. The van der Waals surface area contributed by atoms with E-state index in [1.807, 2.05) is 0 Å². The summed E-state index contributed by atoms with van der Waals surface area (Å²) >= 11 is 0. The van der Waals surface area contributed by atoms with E-state index in [0.717, 1.165) is 13.2 Å². The van der Waals surface area contributed by atoms with Gasteiger partial charge in [-0.25, -0.2) is 22.7 Å². The van der Waals surface area contributed by atoms with E-state index < -0.39 is 51.9 Å². The van der Waals surface area contributed by atoms with Crippen LogP contribution in [-0.2, 0) is 34.0 Å². The maximum absolute atomic E-state index is 15.1. The molecular formula is C28H25F4N5O8S. The Hall–Kier alpha value is -5.36. The Morgan fingerprint density at radius 2 is 1.74 bits per heavy atom. The molecule has 0 spiro atoms. The Balaban J connectivity index is 0.000000738. The number of carbonyl (C=O) groups is 3. The number of oxime groups is 1. The Morgan fingerprint density at radius 3 is 2.30 bits per heavy atom. The van der Waals surface area contributed by atoms with Crippen molar-refractivity contribution < 1.29 is 55.0 Å². The molecule has 13 nitrogen and oxygen atoms in total. The standard InChI is InChI=1S/C26H24FN5O6S.C2HF3O2/c1-37-23(33)14-26(13-21(32-38-26)16-5-4-6-17(11-16)24(28)29)25(34)31-20-10-9-15(12-19(20)27)18-7-2-3-8-22(18)39(30,35)36;3-2(4,5)1(6)7/h2-12H,13-14H2,1H3,(H3,28,29)(H,31,34)(H2,30,35,36);(H,6,7). The zero-order valence-corrected chi connectivity index (χ0v) is 24.4. The first kappa shape index (κ1) is 35.1. The topological polar surface area (TPSA) is 224 Å². The summed E-state index contributed by atoms with van der Waals surface area (Å²) in [4.78, 5) is 39.8. The van der Waals surface area contributed by atoms with Crippen molar-refractivity contribution in [3.63, 3.8) is 0 Å². The van der Waals surface area contributed by atoms with E-state index in [0.29, 0.717) is 16.8 Å². The van der Waals surface area contributed by atoms with Crippen LogP contribution in [0.5, 0.6) is 0 Å². The number of methoxy groups -OCH3 is 1. The van der Waals surface area contributed by atoms with Gasteiger partial charge in [0.05, 0.1) is 29.8 Å². The molecule has 244 valence electrons. The van der Waals surface area contributed by atoms with Crippen LogP contribution < -0.4 is 16.2 Å². The van der Waals surface area contributed by atoms with Crippen molar-refractivity contribution in [2.24, 2.45) is 16.0 Å². The fourth-order valence-electron chi connectivity index (χ4n) is 4.07. The first-order valence-electron chi connectivity index (χ1n) is 12.7. The zero-order valence-electron chi connectivity index (χ0n) is 23.6. The van der Waals surface area contributed by atoms with Gasteiger partial charge in [-0.1, -0.05) is 47.6 Å². The first-order chi connectivity index (χ1) is 21.4. The van der Waals surface area contributed by atoms with Crippen molar-refractivity contribution in [1.29, 1.82) is 5.41 Å². The number of primary sulfonamides is 1. The third-order valence-corrected chi connectivity index (χ3v) is 7.30. The number of nitrogens with one attached hydrogen (secondary N) is 2. The number of carbonyl (C=O) groups excluding carboxylic acids is 2. The van der Waals surface area contributed by atoms with Crippen molar-refractivity contribution >= 4 is 45.1 Å². The quantitative estimate of drug-likeness (QED) is 0.103. The maximum Gasteiger partial charge on any atom is 0.490 e. The molecule has 3 aromatic rings. The highest BCUT2D eigenvalue weighted by Crippen LogP contribution is 2.34. The number of sulfonamides is 1. The highest BCUT2D eigenvalue weighted by atomic mass is 32.2. The van der Waals surface area contributed by atoms with E-state index in [1.54, 1.807) is 30.3 Å². The lowest BCUT2D eigenvalue weighted by Crippen LogP contribution is -2.45. The molecule has 3 aromatic carbocycles. The van der Waals surface area contributed by atoms with Crippen molar-refractivity contribution in [2.45, 2.75) is 29.5 Å². The Bertz CT molecular complexity index is 1830. The van der Waals surface area contributed by atoms with E-state index in [-0.39, 0.29) is 34.0 Å². The molecule has 0 saturated carbocycles. The summed E-state index contributed by atoms with van der Waals surface area (Å²) in [6, 6.07) is 16.1. The number of nitrogen functional groups attached to an aromatic ring is 1. The van der Waals surface area contributed by atoms with Gasteiger partial charge in [-0.3, -0.25) is 15.0 Å². The molecule has 0 radical (unpaired) electrons. The SMILES string of the molecule is COC(=O)CC1(C(=O)Nc2ccc(-c3ccccc3S(N)(=O)=O)cc2F)CC(c2cccc(C(=N)N)c2)=NO1.O=C(O)C(F)(F)F. The molecule has 1 aliphatic rings. The number of nitrogens with zero attached hydrogens (tertiary/aromatic N) is 1. The molecule has 0 bridgehead atoms. The number of halogens is 4. The fraction of sp³-hybridized carbons (Fsp3) is 0.179. The van der Waals surface area contributed by atoms with Crippen molar-refractivity contribution in [2.75, 3.05) is 12.4 Å². The minimum absolute atomic E-state index is 0.156. The number of ether oxygens (including phenoxy) is 1. The average molecular weight is 668 g/mol. The van der Waals surface area contributed by atoms with Gasteiger partial charge < -0.3 is 25.7 Å². The molecule has 1 amide bonds. The zero-order chi connectivity index (χ0) is 34.4. The molecule has 46 heavy (non-hydrogen) atoms.